The number of hydrogen-bond donors (Lipinski definition) is 1. The molecule has 1 aliphatic heterocycles. The van der Waals surface area contributed by atoms with Gasteiger partial charge in [0.15, 0.2) is 5.11 Å². The van der Waals surface area contributed by atoms with Crippen LogP contribution in [-0.2, 0) is 4.79 Å². The summed E-state index contributed by atoms with van der Waals surface area (Å²) < 4.78 is 5.71. The molecule has 0 aromatic heterocycles. The number of carbonyl (C=O) groups excluding carboxylic acids is 1. The van der Waals surface area contributed by atoms with Crippen LogP contribution in [-0.4, -0.2) is 29.6 Å². The first kappa shape index (κ1) is 14.5. The van der Waals surface area contributed by atoms with Gasteiger partial charge in [-0.05, 0) is 42.1 Å². The van der Waals surface area contributed by atoms with E-state index in [0.717, 1.165) is 22.1 Å². The summed E-state index contributed by atoms with van der Waals surface area (Å²) in [6.07, 6.45) is 1.81. The molecular weight excluding hydrogens is 296 g/mol. The lowest BCUT2D eigenvalue weighted by atomic mass is 10.0. The fraction of sp³-hybridized carbons (Fsp3) is 0.176. The molecule has 1 aliphatic rings. The minimum absolute atomic E-state index is 0.139. The minimum Gasteiger partial charge on any atom is -0.493 e. The number of rotatable bonds is 3. The second-order valence-electron chi connectivity index (χ2n) is 4.98. The number of likely N-dealkylation sites (N-methyl/N-ethyl adjacent to an activating group) is 1. The number of thiocarbonyl (C=S) groups is 1. The SMILES string of the molecule is CCOc1ccc2ccccc2c1/C=C1/NC(=S)N(C)C1=O. The molecule has 0 saturated carbocycles. The molecule has 5 heteroatoms. The van der Waals surface area contributed by atoms with Gasteiger partial charge in [0.2, 0.25) is 0 Å². The molecule has 2 aromatic rings. The maximum absolute atomic E-state index is 12.2. The van der Waals surface area contributed by atoms with E-state index in [0.29, 0.717) is 17.4 Å². The highest BCUT2D eigenvalue weighted by Gasteiger charge is 2.27. The molecule has 3 rings (SSSR count). The number of nitrogens with one attached hydrogen (secondary N) is 1. The van der Waals surface area contributed by atoms with Gasteiger partial charge in [-0.25, -0.2) is 0 Å². The fourth-order valence-corrected chi connectivity index (χ4v) is 2.67. The van der Waals surface area contributed by atoms with Crippen LogP contribution in [0.25, 0.3) is 16.8 Å². The van der Waals surface area contributed by atoms with Crippen molar-refractivity contribution in [1.29, 1.82) is 0 Å². The molecule has 1 N–H and O–H groups in total. The van der Waals surface area contributed by atoms with Crippen molar-refractivity contribution in [1.82, 2.24) is 10.2 Å². The van der Waals surface area contributed by atoms with Gasteiger partial charge in [-0.15, -0.1) is 0 Å². The van der Waals surface area contributed by atoms with Gasteiger partial charge in [0.25, 0.3) is 5.91 Å². The Hall–Kier alpha value is -2.40. The molecule has 22 heavy (non-hydrogen) atoms. The van der Waals surface area contributed by atoms with E-state index < -0.39 is 0 Å². The summed E-state index contributed by atoms with van der Waals surface area (Å²) >= 11 is 5.11. The van der Waals surface area contributed by atoms with E-state index in [1.54, 1.807) is 7.05 Å². The quantitative estimate of drug-likeness (QED) is 0.699. The Morgan fingerprint density at radius 3 is 2.73 bits per heavy atom. The molecule has 4 nitrogen and oxygen atoms in total. The van der Waals surface area contributed by atoms with Crippen molar-refractivity contribution in [3.63, 3.8) is 0 Å². The molecule has 0 unspecified atom stereocenters. The van der Waals surface area contributed by atoms with Gasteiger partial charge in [-0.2, -0.15) is 0 Å². The number of fused-ring (bicyclic) bond motifs is 1. The monoisotopic (exact) mass is 312 g/mol. The Labute approximate surface area is 134 Å². The number of ether oxygens (including phenoxy) is 1. The molecule has 1 amide bonds. The molecule has 1 saturated heterocycles. The van der Waals surface area contributed by atoms with Gasteiger partial charge < -0.3 is 10.1 Å². The molecule has 0 spiro atoms. The first-order valence-corrected chi connectivity index (χ1v) is 7.48. The maximum Gasteiger partial charge on any atom is 0.276 e. The standard InChI is InChI=1S/C17H16N2O2S/c1-3-21-15-9-8-11-6-4-5-7-12(11)13(15)10-14-16(20)19(2)17(22)18-14/h4-10H,3H2,1-2H3,(H,18,22)/b14-10+. The Bertz CT molecular complexity index is 798. The summed E-state index contributed by atoms with van der Waals surface area (Å²) in [7, 11) is 1.66. The summed E-state index contributed by atoms with van der Waals surface area (Å²) in [5.41, 5.74) is 1.35. The van der Waals surface area contributed by atoms with Crippen LogP contribution in [0.5, 0.6) is 5.75 Å². The third-order valence-corrected chi connectivity index (χ3v) is 3.98. The van der Waals surface area contributed by atoms with E-state index in [-0.39, 0.29) is 5.91 Å². The average molecular weight is 312 g/mol. The third-order valence-electron chi connectivity index (χ3n) is 3.60. The zero-order valence-electron chi connectivity index (χ0n) is 12.4. The molecular formula is C17H16N2O2S. The number of benzene rings is 2. The van der Waals surface area contributed by atoms with Crippen LogP contribution < -0.4 is 10.1 Å². The molecule has 1 fully saturated rings. The molecule has 0 bridgehead atoms. The van der Waals surface area contributed by atoms with Crippen molar-refractivity contribution in [2.45, 2.75) is 6.92 Å². The van der Waals surface area contributed by atoms with E-state index in [9.17, 15) is 4.79 Å². The van der Waals surface area contributed by atoms with Crippen LogP contribution in [0.3, 0.4) is 0 Å². The highest BCUT2D eigenvalue weighted by Crippen LogP contribution is 2.30. The predicted octanol–water partition coefficient (Wildman–Crippen LogP) is 2.93. The van der Waals surface area contributed by atoms with Crippen LogP contribution in [0.4, 0.5) is 0 Å². The van der Waals surface area contributed by atoms with E-state index in [2.05, 4.69) is 5.32 Å². The van der Waals surface area contributed by atoms with Crippen molar-refractivity contribution in [2.24, 2.45) is 0 Å². The second-order valence-corrected chi connectivity index (χ2v) is 5.37. The third kappa shape index (κ3) is 2.44. The van der Waals surface area contributed by atoms with Crippen molar-refractivity contribution in [2.75, 3.05) is 13.7 Å². The highest BCUT2D eigenvalue weighted by atomic mass is 32.1. The van der Waals surface area contributed by atoms with E-state index in [4.69, 9.17) is 17.0 Å². The van der Waals surface area contributed by atoms with E-state index >= 15 is 0 Å². The maximum atomic E-state index is 12.2. The van der Waals surface area contributed by atoms with Gasteiger partial charge in [0.1, 0.15) is 11.4 Å². The van der Waals surface area contributed by atoms with Gasteiger partial charge in [0, 0.05) is 12.6 Å². The Morgan fingerprint density at radius 1 is 1.27 bits per heavy atom. The normalized spacial score (nSPS) is 16.5. The summed E-state index contributed by atoms with van der Waals surface area (Å²) in [6, 6.07) is 12.0. The Kier molecular flexibility index (Phi) is 3.81. The average Bonchev–Trinajstić information content (AvgIpc) is 2.77. The van der Waals surface area contributed by atoms with Crippen LogP contribution in [0.15, 0.2) is 42.1 Å². The van der Waals surface area contributed by atoms with Crippen molar-refractivity contribution < 1.29 is 9.53 Å². The van der Waals surface area contributed by atoms with Crippen molar-refractivity contribution >= 4 is 40.1 Å². The molecule has 2 aromatic carbocycles. The van der Waals surface area contributed by atoms with Gasteiger partial charge in [0.05, 0.1) is 6.61 Å². The molecule has 1 heterocycles. The summed E-state index contributed by atoms with van der Waals surface area (Å²) in [5.74, 6) is 0.615. The minimum atomic E-state index is -0.139. The summed E-state index contributed by atoms with van der Waals surface area (Å²) in [6.45, 7) is 2.50. The number of nitrogens with zero attached hydrogens (tertiary/aromatic N) is 1. The smallest absolute Gasteiger partial charge is 0.276 e. The molecule has 0 aliphatic carbocycles. The zero-order valence-corrected chi connectivity index (χ0v) is 13.2. The lowest BCUT2D eigenvalue weighted by Crippen LogP contribution is -2.25. The first-order chi connectivity index (χ1) is 10.6. The number of hydrogen-bond acceptors (Lipinski definition) is 3. The molecule has 0 atom stereocenters. The Morgan fingerprint density at radius 2 is 2.05 bits per heavy atom. The van der Waals surface area contributed by atoms with E-state index in [1.807, 2.05) is 49.4 Å². The summed E-state index contributed by atoms with van der Waals surface area (Å²) in [5, 5.41) is 5.50. The largest absolute Gasteiger partial charge is 0.493 e. The fourth-order valence-electron chi connectivity index (χ4n) is 2.47. The van der Waals surface area contributed by atoms with Crippen molar-refractivity contribution in [3.8, 4) is 5.75 Å². The van der Waals surface area contributed by atoms with Gasteiger partial charge in [-0.1, -0.05) is 30.3 Å². The summed E-state index contributed by atoms with van der Waals surface area (Å²) in [4.78, 5) is 13.6. The van der Waals surface area contributed by atoms with Crippen LogP contribution in [0.1, 0.15) is 12.5 Å². The van der Waals surface area contributed by atoms with Crippen LogP contribution in [0.2, 0.25) is 0 Å². The van der Waals surface area contributed by atoms with Crippen LogP contribution >= 0.6 is 12.2 Å². The predicted molar refractivity (Wildman–Crippen MR) is 91.6 cm³/mol. The lowest BCUT2D eigenvalue weighted by molar-refractivity contribution is -0.121. The number of carbonyl (C=O) groups is 1. The van der Waals surface area contributed by atoms with Crippen LogP contribution in [0, 0.1) is 0 Å². The van der Waals surface area contributed by atoms with Gasteiger partial charge >= 0.3 is 0 Å². The number of amides is 1. The topological polar surface area (TPSA) is 41.6 Å². The Balaban J connectivity index is 2.18. The second kappa shape index (κ2) is 5.77. The van der Waals surface area contributed by atoms with Crippen molar-refractivity contribution in [3.05, 3.63) is 47.7 Å². The lowest BCUT2D eigenvalue weighted by Gasteiger charge is -2.11. The van der Waals surface area contributed by atoms with Gasteiger partial charge in [-0.3, -0.25) is 9.69 Å². The molecule has 0 radical (unpaired) electrons. The zero-order chi connectivity index (χ0) is 15.7. The first-order valence-electron chi connectivity index (χ1n) is 7.07. The highest BCUT2D eigenvalue weighted by molar-refractivity contribution is 7.80. The molecule has 112 valence electrons. The van der Waals surface area contributed by atoms with E-state index in [1.165, 1.54) is 4.90 Å².